The van der Waals surface area contributed by atoms with Crippen molar-refractivity contribution in [2.24, 2.45) is 0 Å². The van der Waals surface area contributed by atoms with Crippen molar-refractivity contribution in [1.82, 2.24) is 9.80 Å². The van der Waals surface area contributed by atoms with Gasteiger partial charge in [-0.15, -0.1) is 0 Å². The topological polar surface area (TPSA) is 51.2 Å². The van der Waals surface area contributed by atoms with Gasteiger partial charge in [0.05, 0.1) is 22.4 Å². The SMILES string of the molecule is CCOc1cc(C(=S)N2C[C@@H](C)O[C@H](C)C2)cc(I)c1OCC(=O)N1CCCC1. The van der Waals surface area contributed by atoms with E-state index in [0.29, 0.717) is 18.1 Å². The average Bonchev–Trinajstić information content (AvgIpc) is 3.20. The maximum Gasteiger partial charge on any atom is 0.260 e. The first kappa shape index (κ1) is 22.6. The molecule has 160 valence electrons. The maximum absolute atomic E-state index is 12.4. The lowest BCUT2D eigenvalue weighted by molar-refractivity contribution is -0.132. The zero-order valence-corrected chi connectivity index (χ0v) is 20.3. The minimum absolute atomic E-state index is 0.0247. The van der Waals surface area contributed by atoms with E-state index >= 15 is 0 Å². The number of ether oxygens (including phenoxy) is 3. The summed E-state index contributed by atoms with van der Waals surface area (Å²) in [5, 5.41) is 0. The number of hydrogen-bond acceptors (Lipinski definition) is 5. The van der Waals surface area contributed by atoms with Gasteiger partial charge in [-0.25, -0.2) is 0 Å². The van der Waals surface area contributed by atoms with Gasteiger partial charge in [-0.1, -0.05) is 12.2 Å². The summed E-state index contributed by atoms with van der Waals surface area (Å²) in [7, 11) is 0. The van der Waals surface area contributed by atoms with E-state index in [1.165, 1.54) is 0 Å². The number of rotatable bonds is 6. The van der Waals surface area contributed by atoms with E-state index in [-0.39, 0.29) is 24.7 Å². The van der Waals surface area contributed by atoms with Crippen LogP contribution in [0, 0.1) is 3.57 Å². The van der Waals surface area contributed by atoms with Crippen molar-refractivity contribution in [2.75, 3.05) is 39.4 Å². The zero-order chi connectivity index (χ0) is 21.0. The molecule has 0 bridgehead atoms. The molecule has 1 aromatic rings. The van der Waals surface area contributed by atoms with Crippen LogP contribution in [0.3, 0.4) is 0 Å². The van der Waals surface area contributed by atoms with Crippen LogP contribution in [0.2, 0.25) is 0 Å². The molecule has 0 aliphatic carbocycles. The number of carbonyl (C=O) groups is 1. The van der Waals surface area contributed by atoms with Crippen LogP contribution in [0.25, 0.3) is 0 Å². The largest absolute Gasteiger partial charge is 0.490 e. The summed E-state index contributed by atoms with van der Waals surface area (Å²) < 4.78 is 18.5. The second kappa shape index (κ2) is 10.3. The first-order chi connectivity index (χ1) is 13.9. The van der Waals surface area contributed by atoms with Gasteiger partial charge in [0.2, 0.25) is 0 Å². The molecule has 2 fully saturated rings. The Morgan fingerprint density at radius 1 is 1.17 bits per heavy atom. The molecule has 0 spiro atoms. The Morgan fingerprint density at radius 3 is 2.45 bits per heavy atom. The van der Waals surface area contributed by atoms with Gasteiger partial charge >= 0.3 is 0 Å². The van der Waals surface area contributed by atoms with Crippen LogP contribution in [-0.4, -0.2) is 72.3 Å². The monoisotopic (exact) mass is 532 g/mol. The highest BCUT2D eigenvalue weighted by Crippen LogP contribution is 2.35. The molecule has 2 aliphatic rings. The molecular weight excluding hydrogens is 503 g/mol. The van der Waals surface area contributed by atoms with Gasteiger partial charge in [0.25, 0.3) is 5.91 Å². The molecule has 0 unspecified atom stereocenters. The smallest absolute Gasteiger partial charge is 0.260 e. The predicted molar refractivity (Wildman–Crippen MR) is 125 cm³/mol. The van der Waals surface area contributed by atoms with Gasteiger partial charge in [0, 0.05) is 31.7 Å². The van der Waals surface area contributed by atoms with Gasteiger partial charge in [-0.2, -0.15) is 0 Å². The second-order valence-corrected chi connectivity index (χ2v) is 9.11. The Labute approximate surface area is 192 Å². The van der Waals surface area contributed by atoms with Crippen molar-refractivity contribution in [3.8, 4) is 11.5 Å². The van der Waals surface area contributed by atoms with Crippen LogP contribution in [0.1, 0.15) is 39.2 Å². The van der Waals surface area contributed by atoms with Crippen molar-refractivity contribution in [1.29, 1.82) is 0 Å². The second-order valence-electron chi connectivity index (χ2n) is 7.56. The van der Waals surface area contributed by atoms with Gasteiger partial charge in [0.1, 0.15) is 4.99 Å². The summed E-state index contributed by atoms with van der Waals surface area (Å²) in [4.78, 5) is 17.2. The normalized spacial score (nSPS) is 21.9. The molecular formula is C21H29IN2O4S. The van der Waals surface area contributed by atoms with Crippen LogP contribution >= 0.6 is 34.8 Å². The molecule has 1 amide bonds. The Bertz CT molecular complexity index is 744. The first-order valence-electron chi connectivity index (χ1n) is 10.2. The Kier molecular flexibility index (Phi) is 7.98. The van der Waals surface area contributed by atoms with E-state index in [1.54, 1.807) is 0 Å². The predicted octanol–water partition coefficient (Wildman–Crippen LogP) is 3.48. The van der Waals surface area contributed by atoms with Crippen molar-refractivity contribution >= 4 is 45.7 Å². The number of carbonyl (C=O) groups excluding carboxylic acids is 1. The average molecular weight is 532 g/mol. The number of amides is 1. The van der Waals surface area contributed by atoms with E-state index in [1.807, 2.05) is 24.0 Å². The third-order valence-corrected chi connectivity index (χ3v) is 6.36. The molecule has 2 atom stereocenters. The summed E-state index contributed by atoms with van der Waals surface area (Å²) in [6.45, 7) is 9.78. The quantitative estimate of drug-likeness (QED) is 0.413. The molecule has 0 aromatic heterocycles. The summed E-state index contributed by atoms with van der Waals surface area (Å²) in [5.74, 6) is 1.26. The van der Waals surface area contributed by atoms with Crippen LogP contribution in [0.15, 0.2) is 12.1 Å². The lowest BCUT2D eigenvalue weighted by Gasteiger charge is -2.37. The van der Waals surface area contributed by atoms with E-state index in [9.17, 15) is 4.79 Å². The molecule has 3 rings (SSSR count). The lowest BCUT2D eigenvalue weighted by Crippen LogP contribution is -2.47. The zero-order valence-electron chi connectivity index (χ0n) is 17.3. The van der Waals surface area contributed by atoms with Gasteiger partial charge < -0.3 is 24.0 Å². The van der Waals surface area contributed by atoms with E-state index in [2.05, 4.69) is 41.3 Å². The van der Waals surface area contributed by atoms with Crippen LogP contribution in [0.4, 0.5) is 0 Å². The van der Waals surface area contributed by atoms with Gasteiger partial charge in [-0.05, 0) is 68.3 Å². The molecule has 0 saturated carbocycles. The minimum Gasteiger partial charge on any atom is -0.490 e. The number of morpholine rings is 1. The molecule has 6 nitrogen and oxygen atoms in total. The highest BCUT2D eigenvalue weighted by molar-refractivity contribution is 14.1. The number of hydrogen-bond donors (Lipinski definition) is 0. The third kappa shape index (κ3) is 5.73. The Morgan fingerprint density at radius 2 is 1.83 bits per heavy atom. The number of nitrogens with zero attached hydrogens (tertiary/aromatic N) is 2. The van der Waals surface area contributed by atoms with Crippen molar-refractivity contribution in [2.45, 2.75) is 45.8 Å². The lowest BCUT2D eigenvalue weighted by atomic mass is 10.1. The molecule has 8 heteroatoms. The number of thiocarbonyl (C=S) groups is 1. The van der Waals surface area contributed by atoms with E-state index < -0.39 is 0 Å². The fourth-order valence-electron chi connectivity index (χ4n) is 3.81. The molecule has 0 radical (unpaired) electrons. The fourth-order valence-corrected chi connectivity index (χ4v) is 4.84. The molecule has 2 saturated heterocycles. The number of benzene rings is 1. The van der Waals surface area contributed by atoms with Crippen molar-refractivity contribution in [3.63, 3.8) is 0 Å². The summed E-state index contributed by atoms with van der Waals surface area (Å²) in [5.41, 5.74) is 0.923. The maximum atomic E-state index is 12.4. The highest BCUT2D eigenvalue weighted by Gasteiger charge is 2.26. The fraction of sp³-hybridized carbons (Fsp3) is 0.619. The minimum atomic E-state index is 0.0247. The van der Waals surface area contributed by atoms with Gasteiger partial charge in [-0.3, -0.25) is 4.79 Å². The summed E-state index contributed by atoms with van der Waals surface area (Å²) in [6.07, 6.45) is 2.42. The number of likely N-dealkylation sites (tertiary alicyclic amines) is 1. The van der Waals surface area contributed by atoms with Crippen LogP contribution < -0.4 is 9.47 Å². The highest BCUT2D eigenvalue weighted by atomic mass is 127. The molecule has 2 heterocycles. The molecule has 0 N–H and O–H groups in total. The van der Waals surface area contributed by atoms with Crippen LogP contribution in [0.5, 0.6) is 11.5 Å². The Balaban J connectivity index is 1.76. The van der Waals surface area contributed by atoms with E-state index in [0.717, 1.165) is 53.1 Å². The molecule has 29 heavy (non-hydrogen) atoms. The van der Waals surface area contributed by atoms with Crippen LogP contribution in [-0.2, 0) is 9.53 Å². The summed E-state index contributed by atoms with van der Waals surface area (Å²) in [6, 6.07) is 3.93. The van der Waals surface area contributed by atoms with Gasteiger partial charge in [0.15, 0.2) is 18.1 Å². The number of halogens is 1. The standard InChI is InChI=1S/C21H29IN2O4S/c1-4-26-18-10-16(21(29)24-11-14(2)28-15(3)12-24)9-17(22)20(18)27-13-19(25)23-7-5-6-8-23/h9-10,14-15H,4-8,11-13H2,1-3H3/t14-,15-/m1/s1. The van der Waals surface area contributed by atoms with Crippen molar-refractivity contribution in [3.05, 3.63) is 21.3 Å². The molecule has 1 aromatic carbocycles. The van der Waals surface area contributed by atoms with Crippen molar-refractivity contribution < 1.29 is 19.0 Å². The van der Waals surface area contributed by atoms with E-state index in [4.69, 9.17) is 26.4 Å². The first-order valence-corrected chi connectivity index (χ1v) is 11.7. The third-order valence-electron chi connectivity index (χ3n) is 5.06. The molecule has 2 aliphatic heterocycles. The summed E-state index contributed by atoms with van der Waals surface area (Å²) >= 11 is 8.01. The Hall–Kier alpha value is -1.13.